The molecule has 0 fully saturated rings. The van der Waals surface area contributed by atoms with Crippen molar-refractivity contribution in [1.82, 2.24) is 10.2 Å². The first kappa shape index (κ1) is 33.2. The van der Waals surface area contributed by atoms with Gasteiger partial charge in [0.05, 0.1) is 17.2 Å². The van der Waals surface area contributed by atoms with Gasteiger partial charge in [0.2, 0.25) is 11.8 Å². The second-order valence-electron chi connectivity index (χ2n) is 10.3. The molecule has 42 heavy (non-hydrogen) atoms. The molecule has 2 amide bonds. The van der Waals surface area contributed by atoms with Gasteiger partial charge in [-0.15, -0.1) is 0 Å². The van der Waals surface area contributed by atoms with E-state index < -0.39 is 28.5 Å². The van der Waals surface area contributed by atoms with Crippen molar-refractivity contribution in [1.29, 1.82) is 0 Å². The fourth-order valence-corrected chi connectivity index (χ4v) is 6.05. The van der Waals surface area contributed by atoms with Crippen LogP contribution in [0.3, 0.4) is 0 Å². The zero-order valence-corrected chi connectivity index (χ0v) is 26.8. The standard InChI is InChI=1S/C31H37Cl2N3O5S/c1-6-41-29-10-8-7-9-28(29)36(42(39,40)26-15-11-22(4)12-16-26)20-30(37)35(23(5)31(38)34-18-21(2)3)19-24-13-14-25(32)17-27(24)33/h7-17,21,23H,6,18-20H2,1-5H3,(H,34,38)/t23-/m0/s1. The van der Waals surface area contributed by atoms with Crippen molar-refractivity contribution in [3.63, 3.8) is 0 Å². The smallest absolute Gasteiger partial charge is 0.264 e. The predicted octanol–water partition coefficient (Wildman–Crippen LogP) is 6.09. The van der Waals surface area contributed by atoms with Crippen LogP contribution in [0.2, 0.25) is 10.0 Å². The third kappa shape index (κ3) is 8.40. The van der Waals surface area contributed by atoms with Gasteiger partial charge in [0.25, 0.3) is 10.0 Å². The van der Waals surface area contributed by atoms with Gasteiger partial charge in [-0.1, -0.05) is 72.9 Å². The van der Waals surface area contributed by atoms with E-state index in [9.17, 15) is 18.0 Å². The Bertz CT molecular complexity index is 1500. The number of amides is 2. The summed E-state index contributed by atoms with van der Waals surface area (Å²) in [5.74, 6) is -0.472. The normalized spacial score (nSPS) is 12.1. The van der Waals surface area contributed by atoms with Crippen molar-refractivity contribution >= 4 is 50.7 Å². The Kier molecular flexibility index (Phi) is 11.7. The van der Waals surface area contributed by atoms with Gasteiger partial charge in [0.15, 0.2) is 0 Å². The molecule has 226 valence electrons. The quantitative estimate of drug-likeness (QED) is 0.246. The number of ether oxygens (including phenoxy) is 1. The number of rotatable bonds is 13. The van der Waals surface area contributed by atoms with Crippen LogP contribution in [0.15, 0.2) is 71.6 Å². The van der Waals surface area contributed by atoms with Gasteiger partial charge in [0, 0.05) is 23.1 Å². The predicted molar refractivity (Wildman–Crippen MR) is 168 cm³/mol. The van der Waals surface area contributed by atoms with Crippen molar-refractivity contribution in [2.45, 2.75) is 52.1 Å². The molecule has 0 aromatic heterocycles. The molecule has 3 aromatic rings. The maximum Gasteiger partial charge on any atom is 0.264 e. The summed E-state index contributed by atoms with van der Waals surface area (Å²) < 4.78 is 34.9. The van der Waals surface area contributed by atoms with E-state index in [1.54, 1.807) is 68.4 Å². The number of carbonyl (C=O) groups excluding carboxylic acids is 2. The highest BCUT2D eigenvalue weighted by molar-refractivity contribution is 7.92. The summed E-state index contributed by atoms with van der Waals surface area (Å²) >= 11 is 12.5. The fraction of sp³-hybridized carbons (Fsp3) is 0.355. The third-order valence-corrected chi connectivity index (χ3v) is 8.89. The maximum absolute atomic E-state index is 14.1. The molecule has 1 N–H and O–H groups in total. The molecule has 3 aromatic carbocycles. The average Bonchev–Trinajstić information content (AvgIpc) is 2.94. The molecule has 0 bridgehead atoms. The van der Waals surface area contributed by atoms with Crippen LogP contribution in [0.4, 0.5) is 5.69 Å². The number of hydrogen-bond acceptors (Lipinski definition) is 5. The van der Waals surface area contributed by atoms with E-state index in [1.165, 1.54) is 17.0 Å². The Morgan fingerprint density at radius 1 is 0.976 bits per heavy atom. The molecule has 0 aliphatic heterocycles. The largest absolute Gasteiger partial charge is 0.492 e. The van der Waals surface area contributed by atoms with E-state index in [0.717, 1.165) is 9.87 Å². The number of nitrogens with one attached hydrogen (secondary N) is 1. The molecule has 11 heteroatoms. The summed E-state index contributed by atoms with van der Waals surface area (Å²) in [5.41, 5.74) is 1.65. The lowest BCUT2D eigenvalue weighted by Crippen LogP contribution is -2.51. The number of halogens is 2. The van der Waals surface area contributed by atoms with Crippen LogP contribution in [0.25, 0.3) is 0 Å². The Morgan fingerprint density at radius 2 is 1.64 bits per heavy atom. The van der Waals surface area contributed by atoms with Crippen molar-refractivity contribution in [2.75, 3.05) is 24.0 Å². The first-order chi connectivity index (χ1) is 19.8. The van der Waals surface area contributed by atoms with E-state index in [-0.39, 0.29) is 35.6 Å². The SMILES string of the molecule is CCOc1ccccc1N(CC(=O)N(Cc1ccc(Cl)cc1Cl)[C@@H](C)C(=O)NCC(C)C)S(=O)(=O)c1ccc(C)cc1. The molecule has 1 atom stereocenters. The Morgan fingerprint density at radius 3 is 2.26 bits per heavy atom. The summed E-state index contributed by atoms with van der Waals surface area (Å²) in [5, 5.41) is 3.60. The maximum atomic E-state index is 14.1. The van der Waals surface area contributed by atoms with Crippen LogP contribution in [-0.2, 0) is 26.2 Å². The zero-order chi connectivity index (χ0) is 31.0. The van der Waals surface area contributed by atoms with Gasteiger partial charge >= 0.3 is 0 Å². The molecule has 0 spiro atoms. The van der Waals surface area contributed by atoms with E-state index >= 15 is 0 Å². The van der Waals surface area contributed by atoms with Crippen molar-refractivity contribution < 1.29 is 22.7 Å². The number of nitrogens with zero attached hydrogens (tertiary/aromatic N) is 2. The van der Waals surface area contributed by atoms with E-state index in [2.05, 4.69) is 5.32 Å². The minimum atomic E-state index is -4.23. The van der Waals surface area contributed by atoms with Gasteiger partial charge in [0.1, 0.15) is 18.3 Å². The molecule has 0 unspecified atom stereocenters. The number of para-hydroxylation sites is 2. The van der Waals surface area contributed by atoms with Gasteiger partial charge in [-0.05, 0) is 68.7 Å². The number of benzene rings is 3. The summed E-state index contributed by atoms with van der Waals surface area (Å²) in [6.45, 7) is 9.24. The summed E-state index contributed by atoms with van der Waals surface area (Å²) in [7, 11) is -4.23. The van der Waals surface area contributed by atoms with Crippen LogP contribution in [0.1, 0.15) is 38.8 Å². The van der Waals surface area contributed by atoms with Crippen LogP contribution >= 0.6 is 23.2 Å². The van der Waals surface area contributed by atoms with E-state index in [0.29, 0.717) is 27.9 Å². The Labute approximate surface area is 258 Å². The highest BCUT2D eigenvalue weighted by Gasteiger charge is 2.34. The second-order valence-corrected chi connectivity index (χ2v) is 13.0. The number of hydrogen-bond donors (Lipinski definition) is 1. The molecule has 0 saturated carbocycles. The van der Waals surface area contributed by atoms with E-state index in [4.69, 9.17) is 27.9 Å². The van der Waals surface area contributed by atoms with Crippen LogP contribution in [0, 0.1) is 12.8 Å². The monoisotopic (exact) mass is 633 g/mol. The lowest BCUT2D eigenvalue weighted by molar-refractivity contribution is -0.139. The third-order valence-electron chi connectivity index (χ3n) is 6.53. The first-order valence-electron chi connectivity index (χ1n) is 13.7. The molecule has 0 aliphatic rings. The van der Waals surface area contributed by atoms with Crippen molar-refractivity contribution in [2.24, 2.45) is 5.92 Å². The lowest BCUT2D eigenvalue weighted by atomic mass is 10.1. The van der Waals surface area contributed by atoms with Gasteiger partial charge in [-0.25, -0.2) is 8.42 Å². The highest BCUT2D eigenvalue weighted by Crippen LogP contribution is 2.33. The molecule has 8 nitrogen and oxygen atoms in total. The Balaban J connectivity index is 2.09. The minimum Gasteiger partial charge on any atom is -0.492 e. The summed E-state index contributed by atoms with van der Waals surface area (Å²) in [4.78, 5) is 28.6. The first-order valence-corrected chi connectivity index (χ1v) is 15.9. The van der Waals surface area contributed by atoms with Gasteiger partial charge in [-0.3, -0.25) is 13.9 Å². The number of carbonyl (C=O) groups is 2. The number of anilines is 1. The van der Waals surface area contributed by atoms with Crippen LogP contribution in [-0.4, -0.2) is 50.9 Å². The number of sulfonamides is 1. The Hall–Kier alpha value is -3.27. The van der Waals surface area contributed by atoms with Gasteiger partial charge in [-0.2, -0.15) is 0 Å². The molecule has 0 radical (unpaired) electrons. The highest BCUT2D eigenvalue weighted by atomic mass is 35.5. The zero-order valence-electron chi connectivity index (χ0n) is 24.4. The summed E-state index contributed by atoms with van der Waals surface area (Å²) in [6.07, 6.45) is 0. The molecular formula is C31H37Cl2N3O5S. The second kappa shape index (κ2) is 14.8. The van der Waals surface area contributed by atoms with Crippen molar-refractivity contribution in [3.05, 3.63) is 87.9 Å². The lowest BCUT2D eigenvalue weighted by Gasteiger charge is -2.32. The number of aryl methyl sites for hydroxylation is 1. The van der Waals surface area contributed by atoms with Crippen LogP contribution < -0.4 is 14.4 Å². The molecular weight excluding hydrogens is 597 g/mol. The molecule has 3 rings (SSSR count). The van der Waals surface area contributed by atoms with Gasteiger partial charge < -0.3 is 15.0 Å². The van der Waals surface area contributed by atoms with E-state index in [1.807, 2.05) is 20.8 Å². The molecule has 0 aliphatic carbocycles. The average molecular weight is 635 g/mol. The van der Waals surface area contributed by atoms with Crippen molar-refractivity contribution in [3.8, 4) is 5.75 Å². The molecule has 0 saturated heterocycles. The minimum absolute atomic E-state index is 0.0159. The topological polar surface area (TPSA) is 96.0 Å². The molecule has 0 heterocycles. The summed E-state index contributed by atoms with van der Waals surface area (Å²) in [6, 6.07) is 16.9. The fourth-order valence-electron chi connectivity index (χ4n) is 4.16. The van der Waals surface area contributed by atoms with Crippen LogP contribution in [0.5, 0.6) is 5.75 Å².